The predicted octanol–water partition coefficient (Wildman–Crippen LogP) is 1.76. The molecule has 0 bridgehead atoms. The molecule has 1 aromatic heterocycles. The molecule has 0 N–H and O–H groups in total. The van der Waals surface area contributed by atoms with E-state index in [1.165, 1.54) is 25.4 Å². The SMILES string of the molecule is CCOC(=O)C(C#N)/C=C(/C(C)=O)c1ccncc1. The van der Waals surface area contributed by atoms with E-state index in [-0.39, 0.29) is 12.4 Å². The second kappa shape index (κ2) is 7.07. The summed E-state index contributed by atoms with van der Waals surface area (Å²) in [5, 5.41) is 8.98. The van der Waals surface area contributed by atoms with Crippen molar-refractivity contribution < 1.29 is 14.3 Å². The van der Waals surface area contributed by atoms with Gasteiger partial charge in [0.25, 0.3) is 0 Å². The lowest BCUT2D eigenvalue weighted by atomic mass is 9.98. The van der Waals surface area contributed by atoms with Crippen LogP contribution in [0.15, 0.2) is 30.6 Å². The Morgan fingerprint density at radius 1 is 1.47 bits per heavy atom. The molecule has 98 valence electrons. The number of carbonyl (C=O) groups excluding carboxylic acids is 2. The maximum atomic E-state index is 11.6. The molecule has 0 amide bonds. The maximum Gasteiger partial charge on any atom is 0.327 e. The van der Waals surface area contributed by atoms with Gasteiger partial charge in [0, 0.05) is 18.0 Å². The molecule has 5 heteroatoms. The second-order valence-electron chi connectivity index (χ2n) is 3.73. The van der Waals surface area contributed by atoms with Crippen LogP contribution in [-0.2, 0) is 14.3 Å². The molecule has 1 heterocycles. The van der Waals surface area contributed by atoms with Gasteiger partial charge >= 0.3 is 5.97 Å². The van der Waals surface area contributed by atoms with Crippen LogP contribution in [0, 0.1) is 17.2 Å². The summed E-state index contributed by atoms with van der Waals surface area (Å²) in [5.41, 5.74) is 0.925. The Morgan fingerprint density at radius 3 is 2.58 bits per heavy atom. The number of ketones is 1. The summed E-state index contributed by atoms with van der Waals surface area (Å²) in [6.45, 7) is 3.23. The van der Waals surface area contributed by atoms with Gasteiger partial charge in [-0.15, -0.1) is 0 Å². The smallest absolute Gasteiger partial charge is 0.327 e. The van der Waals surface area contributed by atoms with Crippen LogP contribution in [0.3, 0.4) is 0 Å². The minimum atomic E-state index is -1.09. The van der Waals surface area contributed by atoms with Gasteiger partial charge in [0.15, 0.2) is 11.7 Å². The monoisotopic (exact) mass is 258 g/mol. The van der Waals surface area contributed by atoms with E-state index in [2.05, 4.69) is 4.98 Å². The molecule has 19 heavy (non-hydrogen) atoms. The number of aromatic nitrogens is 1. The highest BCUT2D eigenvalue weighted by Crippen LogP contribution is 2.17. The van der Waals surface area contributed by atoms with Gasteiger partial charge in [-0.05, 0) is 37.6 Å². The number of Topliss-reactive ketones (excluding diaryl/α,β-unsaturated/α-hetero) is 1. The largest absolute Gasteiger partial charge is 0.465 e. The predicted molar refractivity (Wildman–Crippen MR) is 68.6 cm³/mol. The fraction of sp³-hybridized carbons (Fsp3) is 0.286. The van der Waals surface area contributed by atoms with Crippen molar-refractivity contribution in [3.05, 3.63) is 36.2 Å². The number of hydrogen-bond acceptors (Lipinski definition) is 5. The summed E-state index contributed by atoms with van der Waals surface area (Å²) >= 11 is 0. The van der Waals surface area contributed by atoms with Crippen molar-refractivity contribution >= 4 is 17.3 Å². The number of nitrogens with zero attached hydrogens (tertiary/aromatic N) is 2. The zero-order valence-corrected chi connectivity index (χ0v) is 10.8. The van der Waals surface area contributed by atoms with Crippen LogP contribution < -0.4 is 0 Å². The van der Waals surface area contributed by atoms with E-state index in [1.807, 2.05) is 6.07 Å². The van der Waals surface area contributed by atoms with E-state index in [4.69, 9.17) is 10.00 Å². The van der Waals surface area contributed by atoms with Crippen LogP contribution in [0.25, 0.3) is 5.57 Å². The molecule has 1 unspecified atom stereocenters. The Hall–Kier alpha value is -2.48. The fourth-order valence-electron chi connectivity index (χ4n) is 1.51. The van der Waals surface area contributed by atoms with Crippen LogP contribution in [-0.4, -0.2) is 23.3 Å². The fourth-order valence-corrected chi connectivity index (χ4v) is 1.51. The van der Waals surface area contributed by atoms with Gasteiger partial charge in [-0.2, -0.15) is 5.26 Å². The topological polar surface area (TPSA) is 80.0 Å². The van der Waals surface area contributed by atoms with Gasteiger partial charge in [-0.1, -0.05) is 0 Å². The highest BCUT2D eigenvalue weighted by Gasteiger charge is 2.19. The number of allylic oxidation sites excluding steroid dienone is 1. The molecule has 1 atom stereocenters. The van der Waals surface area contributed by atoms with Crippen LogP contribution in [0.5, 0.6) is 0 Å². The number of nitriles is 1. The average Bonchev–Trinajstić information content (AvgIpc) is 2.40. The lowest BCUT2D eigenvalue weighted by molar-refractivity contribution is -0.144. The number of hydrogen-bond donors (Lipinski definition) is 0. The quantitative estimate of drug-likeness (QED) is 0.593. The van der Waals surface area contributed by atoms with Crippen LogP contribution in [0.1, 0.15) is 19.4 Å². The Bertz CT molecular complexity index is 529. The number of ether oxygens (including phenoxy) is 1. The third-order valence-electron chi connectivity index (χ3n) is 2.38. The van der Waals surface area contributed by atoms with Crippen molar-refractivity contribution in [3.8, 4) is 6.07 Å². The van der Waals surface area contributed by atoms with E-state index in [9.17, 15) is 9.59 Å². The van der Waals surface area contributed by atoms with Crippen LogP contribution in [0.4, 0.5) is 0 Å². The molecule has 1 aromatic rings. The Balaban J connectivity index is 3.12. The number of carbonyl (C=O) groups is 2. The second-order valence-corrected chi connectivity index (χ2v) is 3.73. The van der Waals surface area contributed by atoms with E-state index < -0.39 is 11.9 Å². The Kier molecular flexibility index (Phi) is 5.42. The minimum absolute atomic E-state index is 0.190. The Labute approximate surface area is 111 Å². The van der Waals surface area contributed by atoms with E-state index in [0.29, 0.717) is 11.1 Å². The molecule has 5 nitrogen and oxygen atoms in total. The number of pyridine rings is 1. The normalized spacial score (nSPS) is 12.4. The van der Waals surface area contributed by atoms with E-state index >= 15 is 0 Å². The zero-order valence-electron chi connectivity index (χ0n) is 10.8. The van der Waals surface area contributed by atoms with Gasteiger partial charge in [-0.3, -0.25) is 14.6 Å². The first-order chi connectivity index (χ1) is 9.10. The van der Waals surface area contributed by atoms with E-state index in [1.54, 1.807) is 19.1 Å². The Morgan fingerprint density at radius 2 is 2.11 bits per heavy atom. The van der Waals surface area contributed by atoms with Gasteiger partial charge in [0.05, 0.1) is 12.7 Å². The summed E-state index contributed by atoms with van der Waals surface area (Å²) in [6.07, 6.45) is 4.41. The third-order valence-corrected chi connectivity index (χ3v) is 2.38. The molecule has 0 saturated carbocycles. The zero-order chi connectivity index (χ0) is 14.3. The average molecular weight is 258 g/mol. The number of rotatable bonds is 5. The molecule has 0 aliphatic carbocycles. The summed E-state index contributed by atoms with van der Waals surface area (Å²) in [6, 6.07) is 5.11. The lowest BCUT2D eigenvalue weighted by Crippen LogP contribution is -2.15. The first-order valence-corrected chi connectivity index (χ1v) is 5.79. The van der Waals surface area contributed by atoms with Crippen molar-refractivity contribution in [3.63, 3.8) is 0 Å². The molecule has 0 aromatic carbocycles. The van der Waals surface area contributed by atoms with Gasteiger partial charge in [-0.25, -0.2) is 0 Å². The highest BCUT2D eigenvalue weighted by molar-refractivity contribution is 6.20. The lowest BCUT2D eigenvalue weighted by Gasteiger charge is -2.07. The summed E-state index contributed by atoms with van der Waals surface area (Å²) in [5.74, 6) is -1.97. The molecule has 0 fully saturated rings. The molecule has 0 aliphatic rings. The van der Waals surface area contributed by atoms with Crippen LogP contribution in [0.2, 0.25) is 0 Å². The molecular weight excluding hydrogens is 244 g/mol. The molecule has 0 saturated heterocycles. The minimum Gasteiger partial charge on any atom is -0.465 e. The van der Waals surface area contributed by atoms with Gasteiger partial charge in [0.2, 0.25) is 0 Å². The number of esters is 1. The third kappa shape index (κ3) is 4.03. The van der Waals surface area contributed by atoms with Gasteiger partial charge in [0.1, 0.15) is 0 Å². The molecular formula is C14H14N2O3. The van der Waals surface area contributed by atoms with E-state index in [0.717, 1.165) is 0 Å². The first-order valence-electron chi connectivity index (χ1n) is 5.79. The molecule has 0 radical (unpaired) electrons. The summed E-state index contributed by atoms with van der Waals surface area (Å²) in [4.78, 5) is 27.0. The standard InChI is InChI=1S/C14H14N2O3/c1-3-19-14(18)12(9-15)8-13(10(2)17)11-4-6-16-7-5-11/h4-8,12H,3H2,1-2H3/b13-8-. The van der Waals surface area contributed by atoms with Crippen molar-refractivity contribution in [2.45, 2.75) is 13.8 Å². The highest BCUT2D eigenvalue weighted by atomic mass is 16.5. The molecule has 1 rings (SSSR count). The van der Waals surface area contributed by atoms with Gasteiger partial charge < -0.3 is 4.74 Å². The summed E-state index contributed by atoms with van der Waals surface area (Å²) in [7, 11) is 0. The van der Waals surface area contributed by atoms with Crippen molar-refractivity contribution in [1.29, 1.82) is 5.26 Å². The van der Waals surface area contributed by atoms with Crippen molar-refractivity contribution in [2.24, 2.45) is 5.92 Å². The van der Waals surface area contributed by atoms with Crippen molar-refractivity contribution in [2.75, 3.05) is 6.61 Å². The molecule has 0 spiro atoms. The molecule has 0 aliphatic heterocycles. The van der Waals surface area contributed by atoms with Crippen molar-refractivity contribution in [1.82, 2.24) is 4.98 Å². The first kappa shape index (κ1) is 14.6. The van der Waals surface area contributed by atoms with Crippen LogP contribution >= 0.6 is 0 Å². The summed E-state index contributed by atoms with van der Waals surface area (Å²) < 4.78 is 4.78. The maximum absolute atomic E-state index is 11.6.